The van der Waals surface area contributed by atoms with Gasteiger partial charge in [-0.3, -0.25) is 14.8 Å². The Hall–Kier alpha value is -3.81. The molecular formula is C20H17N3O5. The number of aromatic nitrogens is 2. The van der Waals surface area contributed by atoms with Gasteiger partial charge in [-0.15, -0.1) is 0 Å². The van der Waals surface area contributed by atoms with Gasteiger partial charge in [-0.1, -0.05) is 6.07 Å². The van der Waals surface area contributed by atoms with Crippen LogP contribution in [0.15, 0.2) is 54.9 Å². The third-order valence-corrected chi connectivity index (χ3v) is 3.73. The van der Waals surface area contributed by atoms with Gasteiger partial charge in [0.1, 0.15) is 5.52 Å². The average molecular weight is 379 g/mol. The molecule has 0 aliphatic heterocycles. The van der Waals surface area contributed by atoms with Gasteiger partial charge in [0.15, 0.2) is 6.61 Å². The Morgan fingerprint density at radius 2 is 1.68 bits per heavy atom. The van der Waals surface area contributed by atoms with Crippen molar-refractivity contribution >= 4 is 34.6 Å². The van der Waals surface area contributed by atoms with E-state index in [2.05, 4.69) is 15.3 Å². The number of para-hydroxylation sites is 1. The lowest BCUT2D eigenvalue weighted by atomic mass is 10.2. The predicted molar refractivity (Wildman–Crippen MR) is 101 cm³/mol. The van der Waals surface area contributed by atoms with Crippen molar-refractivity contribution in [3.63, 3.8) is 0 Å². The molecule has 0 aliphatic rings. The van der Waals surface area contributed by atoms with Crippen LogP contribution in [0.2, 0.25) is 0 Å². The van der Waals surface area contributed by atoms with E-state index in [0.29, 0.717) is 22.3 Å². The number of amides is 1. The van der Waals surface area contributed by atoms with Crippen LogP contribution in [0.4, 0.5) is 5.69 Å². The summed E-state index contributed by atoms with van der Waals surface area (Å²) in [6.45, 7) is 1.54. The number of ether oxygens (including phenoxy) is 2. The average Bonchev–Trinajstić information content (AvgIpc) is 2.72. The number of carbonyl (C=O) groups is 3. The molecule has 1 amide bonds. The van der Waals surface area contributed by atoms with Crippen molar-refractivity contribution in [2.75, 3.05) is 18.5 Å². The van der Waals surface area contributed by atoms with E-state index in [-0.39, 0.29) is 12.2 Å². The molecule has 142 valence electrons. The van der Waals surface area contributed by atoms with Crippen molar-refractivity contribution in [1.82, 2.24) is 9.97 Å². The highest BCUT2D eigenvalue weighted by Crippen LogP contribution is 2.15. The molecule has 0 atom stereocenters. The number of rotatable bonds is 6. The summed E-state index contributed by atoms with van der Waals surface area (Å²) in [4.78, 5) is 44.2. The molecule has 8 nitrogen and oxygen atoms in total. The highest BCUT2D eigenvalue weighted by atomic mass is 16.5. The normalized spacial score (nSPS) is 10.3. The van der Waals surface area contributed by atoms with E-state index in [1.807, 2.05) is 0 Å². The molecule has 0 fully saturated rings. The first-order valence-corrected chi connectivity index (χ1v) is 8.52. The number of nitrogens with one attached hydrogen (secondary N) is 1. The Morgan fingerprint density at radius 1 is 0.929 bits per heavy atom. The van der Waals surface area contributed by atoms with E-state index < -0.39 is 24.5 Å². The summed E-state index contributed by atoms with van der Waals surface area (Å²) in [5.74, 6) is -1.62. The Labute approximate surface area is 160 Å². The number of esters is 2. The van der Waals surface area contributed by atoms with E-state index in [0.717, 1.165) is 0 Å². The smallest absolute Gasteiger partial charge is 0.340 e. The molecule has 0 unspecified atom stereocenters. The van der Waals surface area contributed by atoms with Crippen LogP contribution < -0.4 is 5.32 Å². The summed E-state index contributed by atoms with van der Waals surface area (Å²) < 4.78 is 9.96. The summed E-state index contributed by atoms with van der Waals surface area (Å²) in [5.41, 5.74) is 2.04. The van der Waals surface area contributed by atoms with Crippen LogP contribution in [0.25, 0.3) is 11.0 Å². The molecule has 1 heterocycles. The molecule has 1 N–H and O–H groups in total. The van der Waals surface area contributed by atoms with Crippen LogP contribution >= 0.6 is 0 Å². The van der Waals surface area contributed by atoms with E-state index in [1.165, 1.54) is 24.5 Å². The number of benzene rings is 2. The third-order valence-electron chi connectivity index (χ3n) is 3.73. The first kappa shape index (κ1) is 19.0. The van der Waals surface area contributed by atoms with Crippen molar-refractivity contribution in [3.8, 4) is 0 Å². The molecular weight excluding hydrogens is 362 g/mol. The zero-order chi connectivity index (χ0) is 19.9. The zero-order valence-electron chi connectivity index (χ0n) is 15.0. The minimum Gasteiger partial charge on any atom is -0.462 e. The van der Waals surface area contributed by atoms with Gasteiger partial charge in [-0.05, 0) is 43.3 Å². The molecule has 0 bridgehead atoms. The van der Waals surface area contributed by atoms with Crippen molar-refractivity contribution in [2.45, 2.75) is 6.92 Å². The highest BCUT2D eigenvalue weighted by molar-refractivity contribution is 6.03. The lowest BCUT2D eigenvalue weighted by molar-refractivity contribution is -0.119. The SMILES string of the molecule is CCOC(=O)c1ccc(NC(=O)COC(=O)c2cccc3nccnc23)cc1. The highest BCUT2D eigenvalue weighted by Gasteiger charge is 2.15. The van der Waals surface area contributed by atoms with Gasteiger partial charge in [0, 0.05) is 18.1 Å². The standard InChI is InChI=1S/C20H17N3O5/c1-2-27-19(25)13-6-8-14(9-7-13)23-17(24)12-28-20(26)15-4-3-5-16-18(15)22-11-10-21-16/h3-11H,2,12H2,1H3,(H,23,24). The van der Waals surface area contributed by atoms with Crippen molar-refractivity contribution in [1.29, 1.82) is 0 Å². The fourth-order valence-corrected chi connectivity index (χ4v) is 2.47. The maximum Gasteiger partial charge on any atom is 0.340 e. The maximum atomic E-state index is 12.3. The van der Waals surface area contributed by atoms with E-state index in [4.69, 9.17) is 9.47 Å². The Balaban J connectivity index is 1.58. The topological polar surface area (TPSA) is 107 Å². The minimum absolute atomic E-state index is 0.234. The lowest BCUT2D eigenvalue weighted by Crippen LogP contribution is -2.21. The summed E-state index contributed by atoms with van der Waals surface area (Å²) in [5, 5.41) is 2.59. The van der Waals surface area contributed by atoms with Gasteiger partial charge in [-0.25, -0.2) is 9.59 Å². The van der Waals surface area contributed by atoms with Crippen molar-refractivity contribution < 1.29 is 23.9 Å². The monoisotopic (exact) mass is 379 g/mol. The minimum atomic E-state index is -0.668. The number of nitrogens with zero attached hydrogens (tertiary/aromatic N) is 2. The molecule has 0 radical (unpaired) electrons. The second-order valence-corrected chi connectivity index (χ2v) is 5.65. The zero-order valence-corrected chi connectivity index (χ0v) is 15.0. The van der Waals surface area contributed by atoms with Gasteiger partial charge in [0.05, 0.1) is 23.3 Å². The van der Waals surface area contributed by atoms with Crippen molar-refractivity contribution in [2.24, 2.45) is 0 Å². The summed E-state index contributed by atoms with van der Waals surface area (Å²) in [6, 6.07) is 11.2. The number of hydrogen-bond donors (Lipinski definition) is 1. The number of hydrogen-bond acceptors (Lipinski definition) is 7. The van der Waals surface area contributed by atoms with Gasteiger partial charge in [0.25, 0.3) is 5.91 Å². The van der Waals surface area contributed by atoms with Crippen LogP contribution in [0.3, 0.4) is 0 Å². The fourth-order valence-electron chi connectivity index (χ4n) is 2.47. The number of fused-ring (bicyclic) bond motifs is 1. The van der Waals surface area contributed by atoms with E-state index in [1.54, 1.807) is 37.3 Å². The Morgan fingerprint density at radius 3 is 2.43 bits per heavy atom. The van der Waals surface area contributed by atoms with Gasteiger partial charge < -0.3 is 14.8 Å². The fraction of sp³-hybridized carbons (Fsp3) is 0.150. The van der Waals surface area contributed by atoms with Crippen LogP contribution in [-0.4, -0.2) is 41.0 Å². The first-order chi connectivity index (χ1) is 13.6. The van der Waals surface area contributed by atoms with Gasteiger partial charge in [0.2, 0.25) is 0 Å². The van der Waals surface area contributed by atoms with Crippen LogP contribution in [0, 0.1) is 0 Å². The Kier molecular flexibility index (Phi) is 5.91. The second-order valence-electron chi connectivity index (χ2n) is 5.65. The molecule has 0 spiro atoms. The predicted octanol–water partition coefficient (Wildman–Crippen LogP) is 2.60. The summed E-state index contributed by atoms with van der Waals surface area (Å²) in [7, 11) is 0. The van der Waals surface area contributed by atoms with Crippen LogP contribution in [-0.2, 0) is 14.3 Å². The first-order valence-electron chi connectivity index (χ1n) is 8.52. The molecule has 0 saturated carbocycles. The second kappa shape index (κ2) is 8.72. The lowest BCUT2D eigenvalue weighted by Gasteiger charge is -2.08. The molecule has 1 aromatic heterocycles. The van der Waals surface area contributed by atoms with Crippen LogP contribution in [0.1, 0.15) is 27.6 Å². The number of carbonyl (C=O) groups excluding carboxylic acids is 3. The molecule has 3 aromatic rings. The molecule has 28 heavy (non-hydrogen) atoms. The third kappa shape index (κ3) is 4.47. The van der Waals surface area contributed by atoms with E-state index >= 15 is 0 Å². The van der Waals surface area contributed by atoms with Gasteiger partial charge >= 0.3 is 11.9 Å². The van der Waals surface area contributed by atoms with Crippen molar-refractivity contribution in [3.05, 3.63) is 66.0 Å². The number of anilines is 1. The largest absolute Gasteiger partial charge is 0.462 e. The molecule has 0 aliphatic carbocycles. The molecule has 2 aromatic carbocycles. The summed E-state index contributed by atoms with van der Waals surface area (Å²) in [6.07, 6.45) is 3.00. The molecule has 3 rings (SSSR count). The van der Waals surface area contributed by atoms with Gasteiger partial charge in [-0.2, -0.15) is 0 Å². The quantitative estimate of drug-likeness (QED) is 0.656. The molecule has 8 heteroatoms. The maximum absolute atomic E-state index is 12.3. The van der Waals surface area contributed by atoms with Crippen LogP contribution in [0.5, 0.6) is 0 Å². The summed E-state index contributed by atoms with van der Waals surface area (Å²) >= 11 is 0. The Bertz CT molecular complexity index is 1010. The molecule has 0 saturated heterocycles. The van der Waals surface area contributed by atoms with E-state index in [9.17, 15) is 14.4 Å².